The Balaban J connectivity index is 1.60. The third kappa shape index (κ3) is 5.99. The third-order valence-corrected chi connectivity index (χ3v) is 7.07. The van der Waals surface area contributed by atoms with Crippen molar-refractivity contribution in [2.75, 3.05) is 0 Å². The largest absolute Gasteiger partial charge is 0.400 e. The van der Waals surface area contributed by atoms with Gasteiger partial charge in [-0.05, 0) is 41.9 Å². The van der Waals surface area contributed by atoms with Crippen LogP contribution >= 0.6 is 0 Å². The van der Waals surface area contributed by atoms with Gasteiger partial charge in [0.15, 0.2) is 0 Å². The lowest BCUT2D eigenvalue weighted by atomic mass is 9.81. The normalized spacial score (nSPS) is 32.4. The first kappa shape index (κ1) is 30.3. The van der Waals surface area contributed by atoms with E-state index in [0.29, 0.717) is 5.57 Å². The molecule has 0 aromatic rings. The van der Waals surface area contributed by atoms with Crippen molar-refractivity contribution in [3.8, 4) is 0 Å². The Bertz CT molecular complexity index is 1260. The maximum absolute atomic E-state index is 15.0. The first-order valence-electron chi connectivity index (χ1n) is 12.1. The van der Waals surface area contributed by atoms with Gasteiger partial charge in [0.05, 0.1) is 11.7 Å². The van der Waals surface area contributed by atoms with Gasteiger partial charge in [-0.2, -0.15) is 22.0 Å². The smallest absolute Gasteiger partial charge is 0.309 e. The second-order valence-electron chi connectivity index (χ2n) is 10.0. The molecule has 4 rings (SSSR count). The van der Waals surface area contributed by atoms with Crippen LogP contribution in [0, 0.1) is 5.92 Å². The topological polar surface area (TPSA) is 9.23 Å². The zero-order valence-corrected chi connectivity index (χ0v) is 20.6. The molecule has 0 spiro atoms. The second-order valence-corrected chi connectivity index (χ2v) is 10.0. The average molecular weight is 590 g/mol. The molecule has 1 nitrogen and oxygen atoms in total. The molecule has 0 fully saturated rings. The van der Waals surface area contributed by atoms with Crippen molar-refractivity contribution in [1.29, 1.82) is 0 Å². The van der Waals surface area contributed by atoms with Gasteiger partial charge < -0.3 is 4.74 Å². The van der Waals surface area contributed by atoms with Crippen LogP contribution in [-0.2, 0) is 4.74 Å². The van der Waals surface area contributed by atoms with Gasteiger partial charge in [-0.1, -0.05) is 17.7 Å². The van der Waals surface area contributed by atoms with Crippen molar-refractivity contribution < 1.29 is 57.4 Å². The molecule has 0 heterocycles. The monoisotopic (exact) mass is 590 g/mol. The van der Waals surface area contributed by atoms with Crippen molar-refractivity contribution in [3.05, 3.63) is 81.3 Å². The standard InChI is InChI=1S/C27H22F12O/c1-11-2-3-15(16(28)4-11)12-5-17(29)23(18(30)6-12)13-7-19(31)25(20(32)8-13)27(38,39)40-14-9-21(33)24(22(34)10-14)26(35,36)37/h2-3,5,7,9,14,16,18,20,22,24H,4,6,8,10H2,1H3/t14?,16?,18?,20?,22?,24-/m1/s1. The van der Waals surface area contributed by atoms with Gasteiger partial charge in [0.25, 0.3) is 0 Å². The predicted octanol–water partition coefficient (Wildman–Crippen LogP) is 9.14. The molecule has 0 bridgehead atoms. The van der Waals surface area contributed by atoms with Gasteiger partial charge in [-0.3, -0.25) is 0 Å². The van der Waals surface area contributed by atoms with Crippen molar-refractivity contribution >= 4 is 0 Å². The summed E-state index contributed by atoms with van der Waals surface area (Å²) in [6.07, 6.45) is -21.2. The molecule has 0 N–H and O–H groups in total. The van der Waals surface area contributed by atoms with Crippen LogP contribution in [0.5, 0.6) is 0 Å². The summed E-state index contributed by atoms with van der Waals surface area (Å²) in [5, 5.41) is 0. The summed E-state index contributed by atoms with van der Waals surface area (Å²) in [5.41, 5.74) is -2.65. The predicted molar refractivity (Wildman–Crippen MR) is 121 cm³/mol. The van der Waals surface area contributed by atoms with Crippen molar-refractivity contribution in [2.24, 2.45) is 5.92 Å². The van der Waals surface area contributed by atoms with E-state index in [9.17, 15) is 48.3 Å². The lowest BCUT2D eigenvalue weighted by molar-refractivity contribution is -0.242. The Hall–Kier alpha value is -2.70. The Labute approximate surface area is 220 Å². The van der Waals surface area contributed by atoms with E-state index in [4.69, 9.17) is 0 Å². The molecule has 4 aliphatic rings. The van der Waals surface area contributed by atoms with Gasteiger partial charge in [-0.15, -0.1) is 0 Å². The molecule has 40 heavy (non-hydrogen) atoms. The van der Waals surface area contributed by atoms with Gasteiger partial charge >= 0.3 is 12.3 Å². The fourth-order valence-corrected chi connectivity index (χ4v) is 5.22. The minimum Gasteiger partial charge on any atom is -0.309 e. The molecule has 0 aromatic carbocycles. The zero-order valence-electron chi connectivity index (χ0n) is 20.6. The van der Waals surface area contributed by atoms with E-state index in [1.165, 1.54) is 6.08 Å². The molecular weight excluding hydrogens is 568 g/mol. The Kier molecular flexibility index (Phi) is 8.28. The molecule has 13 heteroatoms. The van der Waals surface area contributed by atoms with Gasteiger partial charge in [-0.25, -0.2) is 30.7 Å². The summed E-state index contributed by atoms with van der Waals surface area (Å²) < 4.78 is 174. The fraction of sp³-hybridized carbons (Fsp3) is 0.481. The van der Waals surface area contributed by atoms with Crippen LogP contribution in [0.3, 0.4) is 0 Å². The lowest BCUT2D eigenvalue weighted by Gasteiger charge is -2.33. The summed E-state index contributed by atoms with van der Waals surface area (Å²) in [4.78, 5) is 0. The first-order chi connectivity index (χ1) is 18.5. The maximum atomic E-state index is 15.0. The van der Waals surface area contributed by atoms with Gasteiger partial charge in [0.1, 0.15) is 48.1 Å². The van der Waals surface area contributed by atoms with Crippen LogP contribution in [0.2, 0.25) is 0 Å². The van der Waals surface area contributed by atoms with Crippen LogP contribution < -0.4 is 0 Å². The van der Waals surface area contributed by atoms with Crippen molar-refractivity contribution in [1.82, 2.24) is 0 Å². The maximum Gasteiger partial charge on any atom is 0.400 e. The van der Waals surface area contributed by atoms with E-state index in [2.05, 4.69) is 4.74 Å². The molecule has 0 radical (unpaired) electrons. The number of allylic oxidation sites excluding steroid dienone is 12. The summed E-state index contributed by atoms with van der Waals surface area (Å²) in [6.45, 7) is 1.67. The molecule has 0 amide bonds. The third-order valence-electron chi connectivity index (χ3n) is 7.07. The van der Waals surface area contributed by atoms with Crippen LogP contribution in [0.4, 0.5) is 52.7 Å². The summed E-state index contributed by atoms with van der Waals surface area (Å²) in [7, 11) is 0. The van der Waals surface area contributed by atoms with Crippen LogP contribution in [-0.4, -0.2) is 43.1 Å². The second kappa shape index (κ2) is 10.9. The van der Waals surface area contributed by atoms with E-state index in [0.717, 1.165) is 6.08 Å². The minimum absolute atomic E-state index is 0.0125. The number of rotatable bonds is 5. The molecule has 5 unspecified atom stereocenters. The summed E-state index contributed by atoms with van der Waals surface area (Å²) >= 11 is 0. The Morgan fingerprint density at radius 1 is 0.775 bits per heavy atom. The molecule has 0 aromatic heterocycles. The Morgan fingerprint density at radius 2 is 1.40 bits per heavy atom. The van der Waals surface area contributed by atoms with Gasteiger partial charge in [0.2, 0.25) is 0 Å². The molecule has 220 valence electrons. The number of halogens is 12. The minimum atomic E-state index is -5.35. The van der Waals surface area contributed by atoms with Crippen LogP contribution in [0.25, 0.3) is 0 Å². The van der Waals surface area contributed by atoms with Crippen molar-refractivity contribution in [3.63, 3.8) is 0 Å². The molecule has 0 aliphatic heterocycles. The SMILES string of the molecule is CC1=CC=C(C2=CC(F)=C(C3=CC(F)=C(C(F)(F)OC4C=C(F)[C@@H](C(F)(F)F)C(F)C4)C(F)C3)C(F)C2)C(F)C1. The summed E-state index contributed by atoms with van der Waals surface area (Å²) in [5.74, 6) is -8.58. The van der Waals surface area contributed by atoms with Crippen LogP contribution in [0.1, 0.15) is 32.6 Å². The van der Waals surface area contributed by atoms with Crippen LogP contribution in [0.15, 0.2) is 81.3 Å². The number of ether oxygens (including phenoxy) is 1. The highest BCUT2D eigenvalue weighted by Gasteiger charge is 2.53. The summed E-state index contributed by atoms with van der Waals surface area (Å²) in [6, 6.07) is 0. The molecule has 4 aliphatic carbocycles. The average Bonchev–Trinajstić information content (AvgIpc) is 2.76. The fourth-order valence-electron chi connectivity index (χ4n) is 5.22. The number of hydrogen-bond acceptors (Lipinski definition) is 1. The number of hydrogen-bond donors (Lipinski definition) is 0. The quantitative estimate of drug-likeness (QED) is 0.290. The van der Waals surface area contributed by atoms with Gasteiger partial charge in [0, 0.05) is 31.3 Å². The number of alkyl halides is 9. The molecule has 0 saturated carbocycles. The zero-order chi connectivity index (χ0) is 29.7. The lowest BCUT2D eigenvalue weighted by Crippen LogP contribution is -2.42. The highest BCUT2D eigenvalue weighted by atomic mass is 19.4. The van der Waals surface area contributed by atoms with E-state index in [1.54, 1.807) is 13.0 Å². The van der Waals surface area contributed by atoms with E-state index >= 15 is 4.39 Å². The van der Waals surface area contributed by atoms with E-state index in [-0.39, 0.29) is 29.7 Å². The van der Waals surface area contributed by atoms with E-state index < -0.39 is 102 Å². The highest BCUT2D eigenvalue weighted by Crippen LogP contribution is 2.47. The van der Waals surface area contributed by atoms with E-state index in [1.807, 2.05) is 0 Å². The molecular formula is C27H22F12O. The molecule has 6 atom stereocenters. The molecule has 0 saturated heterocycles. The Morgan fingerprint density at radius 3 is 1.95 bits per heavy atom. The van der Waals surface area contributed by atoms with Crippen molar-refractivity contribution in [2.45, 2.75) is 75.7 Å². The highest BCUT2D eigenvalue weighted by molar-refractivity contribution is 5.54. The first-order valence-corrected chi connectivity index (χ1v) is 12.1.